The lowest BCUT2D eigenvalue weighted by atomic mass is 9.70. The van der Waals surface area contributed by atoms with Crippen molar-refractivity contribution in [2.45, 2.75) is 66.9 Å². The Hall–Kier alpha value is -0.0400. The van der Waals surface area contributed by atoms with Crippen LogP contribution in [0.5, 0.6) is 0 Å². The van der Waals surface area contributed by atoms with Crippen molar-refractivity contribution in [3.63, 3.8) is 0 Å². The van der Waals surface area contributed by atoms with Gasteiger partial charge in [0.05, 0.1) is 6.10 Å². The number of hydrogen-bond acceptors (Lipinski definition) is 1. The van der Waals surface area contributed by atoms with Gasteiger partial charge in [-0.3, -0.25) is 0 Å². The highest BCUT2D eigenvalue weighted by Gasteiger charge is 2.28. The van der Waals surface area contributed by atoms with Crippen LogP contribution < -0.4 is 0 Å². The van der Waals surface area contributed by atoms with Crippen molar-refractivity contribution in [3.05, 3.63) is 0 Å². The second kappa shape index (κ2) is 5.75. The average Bonchev–Trinajstić information content (AvgIpc) is 1.99. The van der Waals surface area contributed by atoms with Crippen LogP contribution in [0.15, 0.2) is 0 Å². The average molecular weight is 200 g/mol. The molecule has 0 spiro atoms. The van der Waals surface area contributed by atoms with Crippen molar-refractivity contribution < 1.29 is 5.11 Å². The third-order valence-electron chi connectivity index (χ3n) is 3.40. The van der Waals surface area contributed by atoms with E-state index < -0.39 is 0 Å². The minimum atomic E-state index is -0.153. The largest absolute Gasteiger partial charge is 0.393 e. The number of hydrogen-bond donors (Lipinski definition) is 1. The van der Waals surface area contributed by atoms with E-state index in [1.807, 2.05) is 6.92 Å². The lowest BCUT2D eigenvalue weighted by Crippen LogP contribution is -2.26. The first kappa shape index (κ1) is 14.0. The smallest absolute Gasteiger partial charge is 0.0512 e. The fourth-order valence-corrected chi connectivity index (χ4v) is 2.10. The summed E-state index contributed by atoms with van der Waals surface area (Å²) < 4.78 is 0. The number of rotatable bonds is 6. The lowest BCUT2D eigenvalue weighted by molar-refractivity contribution is 0.110. The minimum Gasteiger partial charge on any atom is -0.393 e. The van der Waals surface area contributed by atoms with Crippen molar-refractivity contribution in [3.8, 4) is 0 Å². The predicted molar refractivity (Wildman–Crippen MR) is 63.3 cm³/mol. The standard InChI is InChI=1S/C13H28O/c1-10(2)9-13(6,11(3)4)8-7-12(5)14/h10-12,14H,7-9H2,1-6H3. The SMILES string of the molecule is CC(C)CC(C)(CCC(C)O)C(C)C. The summed E-state index contributed by atoms with van der Waals surface area (Å²) in [4.78, 5) is 0. The van der Waals surface area contributed by atoms with Gasteiger partial charge < -0.3 is 5.11 Å². The molecule has 1 heteroatoms. The molecule has 0 fully saturated rings. The van der Waals surface area contributed by atoms with Crippen molar-refractivity contribution >= 4 is 0 Å². The fraction of sp³-hybridized carbons (Fsp3) is 1.00. The zero-order valence-corrected chi connectivity index (χ0v) is 10.8. The zero-order valence-electron chi connectivity index (χ0n) is 10.8. The molecule has 0 aliphatic heterocycles. The molecule has 0 saturated heterocycles. The van der Waals surface area contributed by atoms with Crippen LogP contribution in [0, 0.1) is 17.3 Å². The maximum absolute atomic E-state index is 9.33. The van der Waals surface area contributed by atoms with Gasteiger partial charge in [-0.15, -0.1) is 0 Å². The predicted octanol–water partition coefficient (Wildman–Crippen LogP) is 3.86. The van der Waals surface area contributed by atoms with Crippen molar-refractivity contribution in [1.82, 2.24) is 0 Å². The van der Waals surface area contributed by atoms with E-state index in [1.54, 1.807) is 0 Å². The van der Waals surface area contributed by atoms with Gasteiger partial charge in [-0.05, 0) is 43.4 Å². The maximum atomic E-state index is 9.33. The summed E-state index contributed by atoms with van der Waals surface area (Å²) >= 11 is 0. The Labute approximate surface area is 89.9 Å². The van der Waals surface area contributed by atoms with Crippen LogP contribution in [0.25, 0.3) is 0 Å². The Morgan fingerprint density at radius 1 is 1.07 bits per heavy atom. The van der Waals surface area contributed by atoms with Crippen molar-refractivity contribution in [2.24, 2.45) is 17.3 Å². The molecule has 0 heterocycles. The molecule has 86 valence electrons. The number of aliphatic hydroxyl groups excluding tert-OH is 1. The molecule has 0 bridgehead atoms. The molecule has 0 rings (SSSR count). The molecule has 14 heavy (non-hydrogen) atoms. The van der Waals surface area contributed by atoms with Crippen molar-refractivity contribution in [1.29, 1.82) is 0 Å². The quantitative estimate of drug-likeness (QED) is 0.690. The highest BCUT2D eigenvalue weighted by Crippen LogP contribution is 2.38. The number of aliphatic hydroxyl groups is 1. The molecule has 0 saturated carbocycles. The van der Waals surface area contributed by atoms with E-state index >= 15 is 0 Å². The molecule has 2 unspecified atom stereocenters. The molecule has 1 N–H and O–H groups in total. The summed E-state index contributed by atoms with van der Waals surface area (Å²) in [5.41, 5.74) is 0.394. The van der Waals surface area contributed by atoms with Gasteiger partial charge in [-0.25, -0.2) is 0 Å². The summed E-state index contributed by atoms with van der Waals surface area (Å²) in [5, 5.41) is 9.33. The second-order valence-electron chi connectivity index (χ2n) is 5.79. The molecule has 0 aliphatic carbocycles. The Bertz CT molecular complexity index is 149. The molecule has 0 aliphatic rings. The van der Waals surface area contributed by atoms with Crippen LogP contribution in [-0.4, -0.2) is 11.2 Å². The summed E-state index contributed by atoms with van der Waals surface area (Å²) in [5.74, 6) is 1.44. The second-order valence-corrected chi connectivity index (χ2v) is 5.79. The Kier molecular flexibility index (Phi) is 5.73. The van der Waals surface area contributed by atoms with Crippen LogP contribution in [0.1, 0.15) is 60.8 Å². The van der Waals surface area contributed by atoms with Gasteiger partial charge in [-0.2, -0.15) is 0 Å². The van der Waals surface area contributed by atoms with Crippen LogP contribution >= 0.6 is 0 Å². The van der Waals surface area contributed by atoms with Gasteiger partial charge >= 0.3 is 0 Å². The van der Waals surface area contributed by atoms with E-state index in [4.69, 9.17) is 0 Å². The molecular weight excluding hydrogens is 172 g/mol. The molecule has 1 nitrogen and oxygen atoms in total. The first-order valence-corrected chi connectivity index (χ1v) is 5.96. The van der Waals surface area contributed by atoms with E-state index in [1.165, 1.54) is 6.42 Å². The molecule has 2 atom stereocenters. The molecule has 0 radical (unpaired) electrons. The summed E-state index contributed by atoms with van der Waals surface area (Å²) in [7, 11) is 0. The molecule has 0 aromatic rings. The third-order valence-corrected chi connectivity index (χ3v) is 3.40. The molecular formula is C13H28O. The van der Waals surface area contributed by atoms with Gasteiger partial charge in [0.1, 0.15) is 0 Å². The molecule has 0 amide bonds. The van der Waals surface area contributed by atoms with Gasteiger partial charge in [0.25, 0.3) is 0 Å². The highest BCUT2D eigenvalue weighted by atomic mass is 16.3. The van der Waals surface area contributed by atoms with E-state index in [-0.39, 0.29) is 6.10 Å². The van der Waals surface area contributed by atoms with E-state index in [0.29, 0.717) is 11.3 Å². The first-order valence-electron chi connectivity index (χ1n) is 5.96. The Morgan fingerprint density at radius 3 is 1.86 bits per heavy atom. The van der Waals surface area contributed by atoms with E-state index in [0.717, 1.165) is 18.8 Å². The van der Waals surface area contributed by atoms with Crippen LogP contribution in [0.2, 0.25) is 0 Å². The van der Waals surface area contributed by atoms with E-state index in [2.05, 4.69) is 34.6 Å². The Morgan fingerprint density at radius 2 is 1.57 bits per heavy atom. The maximum Gasteiger partial charge on any atom is 0.0512 e. The summed E-state index contributed by atoms with van der Waals surface area (Å²) in [6.07, 6.45) is 3.18. The van der Waals surface area contributed by atoms with Gasteiger partial charge in [0, 0.05) is 0 Å². The zero-order chi connectivity index (χ0) is 11.4. The van der Waals surface area contributed by atoms with Crippen LogP contribution in [0.4, 0.5) is 0 Å². The normalized spacial score (nSPS) is 18.6. The molecule has 0 aromatic heterocycles. The molecule has 0 aromatic carbocycles. The summed E-state index contributed by atoms with van der Waals surface area (Å²) in [6, 6.07) is 0. The van der Waals surface area contributed by atoms with Gasteiger partial charge in [-0.1, -0.05) is 34.6 Å². The summed E-state index contributed by atoms with van der Waals surface area (Å²) in [6.45, 7) is 13.4. The first-order chi connectivity index (χ1) is 6.28. The van der Waals surface area contributed by atoms with Crippen molar-refractivity contribution in [2.75, 3.05) is 0 Å². The van der Waals surface area contributed by atoms with Gasteiger partial charge in [0.15, 0.2) is 0 Å². The third kappa shape index (κ3) is 4.99. The minimum absolute atomic E-state index is 0.153. The van der Waals surface area contributed by atoms with Gasteiger partial charge in [0.2, 0.25) is 0 Å². The fourth-order valence-electron chi connectivity index (χ4n) is 2.10. The Balaban J connectivity index is 4.24. The van der Waals surface area contributed by atoms with Crippen LogP contribution in [0.3, 0.4) is 0 Å². The highest BCUT2D eigenvalue weighted by molar-refractivity contribution is 4.79. The topological polar surface area (TPSA) is 20.2 Å². The van der Waals surface area contributed by atoms with E-state index in [9.17, 15) is 5.11 Å². The monoisotopic (exact) mass is 200 g/mol. The lowest BCUT2D eigenvalue weighted by Gasteiger charge is -2.36. The van der Waals surface area contributed by atoms with Crippen LogP contribution in [-0.2, 0) is 0 Å².